The van der Waals surface area contributed by atoms with Crippen LogP contribution in [0.4, 0.5) is 0 Å². The summed E-state index contributed by atoms with van der Waals surface area (Å²) in [6.07, 6.45) is 11.1. The average Bonchev–Trinajstić information content (AvgIpc) is 3.00. The summed E-state index contributed by atoms with van der Waals surface area (Å²) in [7, 11) is 3.91. The van der Waals surface area contributed by atoms with Gasteiger partial charge in [0.15, 0.2) is 0 Å². The number of aliphatic hydroxyl groups excluding tert-OH is 1. The summed E-state index contributed by atoms with van der Waals surface area (Å²) in [5.74, 6) is 0.981. The molecule has 1 aromatic carbocycles. The van der Waals surface area contributed by atoms with Gasteiger partial charge in [-0.25, -0.2) is 0 Å². The molecule has 2 rings (SSSR count). The Morgan fingerprint density at radius 1 is 1.12 bits per heavy atom. The van der Waals surface area contributed by atoms with Gasteiger partial charge in [0.2, 0.25) is 0 Å². The molecule has 0 radical (unpaired) electrons. The van der Waals surface area contributed by atoms with Gasteiger partial charge in [-0.15, -0.1) is 6.58 Å². The van der Waals surface area contributed by atoms with Gasteiger partial charge in [0.1, 0.15) is 5.76 Å². The second kappa shape index (κ2) is 25.3. The van der Waals surface area contributed by atoms with Crippen molar-refractivity contribution >= 4 is 0 Å². The van der Waals surface area contributed by atoms with Crippen molar-refractivity contribution in [3.8, 4) is 0 Å². The minimum atomic E-state index is 0.268. The minimum absolute atomic E-state index is 0.268. The maximum Gasteiger partial charge on any atom is 0.117 e. The molecule has 2 N–H and O–H groups in total. The van der Waals surface area contributed by atoms with Gasteiger partial charge < -0.3 is 20.1 Å². The van der Waals surface area contributed by atoms with E-state index in [1.807, 2.05) is 39.2 Å². The van der Waals surface area contributed by atoms with Gasteiger partial charge in [0.25, 0.3) is 0 Å². The van der Waals surface area contributed by atoms with Crippen LogP contribution in [-0.4, -0.2) is 80.5 Å². The molecule has 0 amide bonds. The van der Waals surface area contributed by atoms with Crippen LogP contribution in [0.15, 0.2) is 78.1 Å². The van der Waals surface area contributed by atoms with Crippen LogP contribution in [0.5, 0.6) is 0 Å². The molecular weight excluding hydrogens is 518 g/mol. The predicted molar refractivity (Wildman–Crippen MR) is 187 cm³/mol. The first-order valence-corrected chi connectivity index (χ1v) is 16.0. The highest BCUT2D eigenvalue weighted by atomic mass is 16.5. The van der Waals surface area contributed by atoms with E-state index in [1.165, 1.54) is 29.6 Å². The fraction of sp³-hybridized carbons (Fsp3) is 0.622. The number of ether oxygens (including phenoxy) is 1. The molecule has 1 saturated heterocycles. The van der Waals surface area contributed by atoms with Gasteiger partial charge >= 0.3 is 0 Å². The maximum atomic E-state index is 8.33. The molecule has 3 atom stereocenters. The quantitative estimate of drug-likeness (QED) is 0.139. The molecule has 1 aliphatic heterocycles. The fourth-order valence-corrected chi connectivity index (χ4v) is 4.94. The molecule has 0 aliphatic carbocycles. The summed E-state index contributed by atoms with van der Waals surface area (Å²) in [6, 6.07) is 11.4. The number of benzene rings is 1. The number of rotatable bonds is 13. The van der Waals surface area contributed by atoms with Crippen LogP contribution in [0.3, 0.4) is 0 Å². The Balaban J connectivity index is 0. The van der Waals surface area contributed by atoms with Crippen molar-refractivity contribution in [2.45, 2.75) is 94.2 Å². The summed E-state index contributed by atoms with van der Waals surface area (Å²) in [4.78, 5) is 4.67. The second-order valence-electron chi connectivity index (χ2n) is 10.9. The SMILES string of the molecule is C=CC1(CC)C(C)N(CC(/C=C\C(OCC)=C(C)C)=C\C)C1CC.CCN(C)CCO.CCNC.Cc1ccccc1. The summed E-state index contributed by atoms with van der Waals surface area (Å²) in [5, 5.41) is 11.3. The first kappa shape index (κ1) is 42.0. The van der Waals surface area contributed by atoms with E-state index in [0.29, 0.717) is 18.7 Å². The minimum Gasteiger partial charge on any atom is -0.494 e. The van der Waals surface area contributed by atoms with Crippen molar-refractivity contribution in [1.29, 1.82) is 0 Å². The van der Waals surface area contributed by atoms with Gasteiger partial charge in [-0.05, 0) is 98.8 Å². The summed E-state index contributed by atoms with van der Waals surface area (Å²) < 4.78 is 5.71. The van der Waals surface area contributed by atoms with Crippen LogP contribution in [-0.2, 0) is 4.74 Å². The van der Waals surface area contributed by atoms with E-state index in [9.17, 15) is 0 Å². The van der Waals surface area contributed by atoms with Crippen molar-refractivity contribution in [1.82, 2.24) is 15.1 Å². The van der Waals surface area contributed by atoms with Crippen LogP contribution in [0.2, 0.25) is 0 Å². The third-order valence-corrected chi connectivity index (χ3v) is 7.97. The summed E-state index contributed by atoms with van der Waals surface area (Å²) >= 11 is 0. The Bertz CT molecular complexity index is 888. The molecule has 0 bridgehead atoms. The topological polar surface area (TPSA) is 48.0 Å². The van der Waals surface area contributed by atoms with Crippen molar-refractivity contribution in [2.75, 3.05) is 53.5 Å². The van der Waals surface area contributed by atoms with Crippen LogP contribution in [0.25, 0.3) is 0 Å². The Morgan fingerprint density at radius 2 is 1.71 bits per heavy atom. The van der Waals surface area contributed by atoms with Crippen LogP contribution in [0.1, 0.15) is 80.7 Å². The lowest BCUT2D eigenvalue weighted by Gasteiger charge is -2.62. The van der Waals surface area contributed by atoms with Gasteiger partial charge in [-0.1, -0.05) is 81.8 Å². The van der Waals surface area contributed by atoms with Crippen molar-refractivity contribution in [3.63, 3.8) is 0 Å². The highest BCUT2D eigenvalue weighted by molar-refractivity contribution is 5.29. The number of allylic oxidation sites excluding steroid dienone is 3. The van der Waals surface area contributed by atoms with Gasteiger partial charge in [0.05, 0.1) is 13.2 Å². The van der Waals surface area contributed by atoms with E-state index < -0.39 is 0 Å². The first-order valence-electron chi connectivity index (χ1n) is 16.0. The summed E-state index contributed by atoms with van der Waals surface area (Å²) in [5.41, 5.74) is 4.15. The third kappa shape index (κ3) is 15.3. The van der Waals surface area contributed by atoms with E-state index in [1.54, 1.807) is 0 Å². The highest BCUT2D eigenvalue weighted by Gasteiger charge is 2.53. The third-order valence-electron chi connectivity index (χ3n) is 7.97. The van der Waals surface area contributed by atoms with Crippen molar-refractivity contribution < 1.29 is 9.84 Å². The average molecular weight is 586 g/mol. The molecule has 1 aliphatic rings. The lowest BCUT2D eigenvalue weighted by atomic mass is 9.62. The molecule has 0 aromatic heterocycles. The Kier molecular flexibility index (Phi) is 25.3. The molecule has 1 fully saturated rings. The molecule has 0 spiro atoms. The largest absolute Gasteiger partial charge is 0.494 e. The normalized spacial score (nSPS) is 19.8. The number of hydrogen-bond donors (Lipinski definition) is 2. The van der Waals surface area contributed by atoms with Crippen LogP contribution < -0.4 is 5.32 Å². The molecule has 1 heterocycles. The number of likely N-dealkylation sites (tertiary alicyclic amines) is 1. The van der Waals surface area contributed by atoms with Crippen molar-refractivity contribution in [2.24, 2.45) is 5.41 Å². The predicted octanol–water partition coefficient (Wildman–Crippen LogP) is 8.04. The van der Waals surface area contributed by atoms with Crippen LogP contribution in [0, 0.1) is 12.3 Å². The second-order valence-corrected chi connectivity index (χ2v) is 10.9. The zero-order valence-corrected chi connectivity index (χ0v) is 29.5. The zero-order chi connectivity index (χ0) is 32.6. The molecular formula is C37H67N3O2. The number of nitrogens with one attached hydrogen (secondary N) is 1. The molecule has 42 heavy (non-hydrogen) atoms. The standard InChI is InChI=1S/C22H37NO.C7H8.C5H13NO.C3H9N/c1-9-19(14-15-20(17(6)7)24-13-5)16-23-18(8)22(11-3,12-4)21(23)10-2;1-7-5-3-2-4-6-7;1-3-6(2)4-5-7;1-3-4-2/h9,11,14-15,18,21H,3,10,12-13,16H2,1-2,4-8H3;2-6H,1H3;7H,3-5H2,1-2H3;4H,3H2,1-2H3/b15-14-,19-9-;;;. The lowest BCUT2D eigenvalue weighted by Crippen LogP contribution is -2.69. The monoisotopic (exact) mass is 586 g/mol. The van der Waals surface area contributed by atoms with Crippen molar-refractivity contribution in [3.05, 3.63) is 83.7 Å². The molecule has 3 unspecified atom stereocenters. The maximum absolute atomic E-state index is 8.33. The highest BCUT2D eigenvalue weighted by Crippen LogP contribution is 2.49. The van der Waals surface area contributed by atoms with E-state index in [2.05, 4.69) is 120 Å². The molecule has 5 nitrogen and oxygen atoms in total. The molecule has 242 valence electrons. The van der Waals surface area contributed by atoms with Gasteiger partial charge in [0, 0.05) is 30.6 Å². The number of aryl methyl sites for hydroxylation is 1. The fourth-order valence-electron chi connectivity index (χ4n) is 4.94. The van der Waals surface area contributed by atoms with E-state index in [4.69, 9.17) is 9.84 Å². The number of likely N-dealkylation sites (N-methyl/N-ethyl adjacent to an activating group) is 1. The smallest absolute Gasteiger partial charge is 0.117 e. The van der Waals surface area contributed by atoms with Crippen LogP contribution >= 0.6 is 0 Å². The van der Waals surface area contributed by atoms with E-state index in [-0.39, 0.29) is 12.0 Å². The zero-order valence-electron chi connectivity index (χ0n) is 29.5. The molecule has 0 saturated carbocycles. The van der Waals surface area contributed by atoms with Gasteiger partial charge in [-0.2, -0.15) is 0 Å². The first-order chi connectivity index (χ1) is 20.0. The Hall–Kier alpha value is -2.18. The lowest BCUT2D eigenvalue weighted by molar-refractivity contribution is -0.0971. The van der Waals surface area contributed by atoms with E-state index >= 15 is 0 Å². The Labute approximate surface area is 261 Å². The Morgan fingerprint density at radius 3 is 2.02 bits per heavy atom. The number of nitrogens with zero attached hydrogens (tertiary/aromatic N) is 2. The molecule has 5 heteroatoms. The summed E-state index contributed by atoms with van der Waals surface area (Å²) in [6.45, 7) is 30.4. The molecule has 1 aromatic rings. The number of aliphatic hydroxyl groups is 1. The number of hydrogen-bond acceptors (Lipinski definition) is 5. The van der Waals surface area contributed by atoms with E-state index in [0.717, 1.165) is 31.9 Å². The van der Waals surface area contributed by atoms with Gasteiger partial charge in [-0.3, -0.25) is 4.90 Å².